The van der Waals surface area contributed by atoms with E-state index in [4.69, 9.17) is 9.57 Å². The first-order valence-electron chi connectivity index (χ1n) is 6.02. The van der Waals surface area contributed by atoms with Crippen molar-refractivity contribution in [1.82, 2.24) is 10.4 Å². The normalized spacial score (nSPS) is 15.6. The molecule has 0 aromatic carbocycles. The number of ether oxygens (including phenoxy) is 1. The molecule has 0 aromatic rings. The average molecular weight is 262 g/mol. The van der Waals surface area contributed by atoms with Crippen molar-refractivity contribution in [2.75, 3.05) is 14.2 Å². The van der Waals surface area contributed by atoms with Gasteiger partial charge in [0, 0.05) is 7.05 Å². The molecule has 0 rings (SSSR count). The largest absolute Gasteiger partial charge is 0.356 e. The molecule has 0 bridgehead atoms. The molecule has 0 aliphatic rings. The summed E-state index contributed by atoms with van der Waals surface area (Å²) in [4.78, 5) is 16.8. The van der Waals surface area contributed by atoms with E-state index in [0.717, 1.165) is 5.06 Å². The number of hydrogen-bond donors (Lipinski definition) is 2. The van der Waals surface area contributed by atoms with E-state index in [9.17, 15) is 9.90 Å². The van der Waals surface area contributed by atoms with Gasteiger partial charge in [-0.2, -0.15) is 0 Å². The number of rotatable bonds is 6. The molecule has 18 heavy (non-hydrogen) atoms. The molecule has 6 nitrogen and oxygen atoms in total. The third-order valence-corrected chi connectivity index (χ3v) is 2.30. The first-order valence-corrected chi connectivity index (χ1v) is 6.02. The van der Waals surface area contributed by atoms with E-state index in [1.165, 1.54) is 14.2 Å². The van der Waals surface area contributed by atoms with Gasteiger partial charge in [0.25, 0.3) is 5.91 Å². The molecular formula is C12H26N2O4. The van der Waals surface area contributed by atoms with E-state index in [0.29, 0.717) is 0 Å². The number of nitrogens with one attached hydrogen (secondary N) is 1. The maximum atomic E-state index is 12.0. The third kappa shape index (κ3) is 6.30. The van der Waals surface area contributed by atoms with E-state index in [1.54, 1.807) is 0 Å². The topological polar surface area (TPSA) is 71.0 Å². The minimum Gasteiger partial charge on any atom is -0.356 e. The van der Waals surface area contributed by atoms with E-state index in [2.05, 4.69) is 5.32 Å². The number of hydrogen-bond acceptors (Lipinski definition) is 5. The van der Waals surface area contributed by atoms with Crippen LogP contribution < -0.4 is 5.32 Å². The van der Waals surface area contributed by atoms with Gasteiger partial charge in [0.15, 0.2) is 0 Å². The van der Waals surface area contributed by atoms with Gasteiger partial charge in [-0.05, 0) is 26.7 Å². The first kappa shape index (κ1) is 17.3. The summed E-state index contributed by atoms with van der Waals surface area (Å²) in [6, 6.07) is -0.577. The Balaban J connectivity index is 4.59. The van der Waals surface area contributed by atoms with Crippen molar-refractivity contribution in [3.8, 4) is 0 Å². The molecule has 0 spiro atoms. The Kier molecular flexibility index (Phi) is 6.77. The van der Waals surface area contributed by atoms with E-state index >= 15 is 0 Å². The zero-order valence-electron chi connectivity index (χ0n) is 12.4. The molecule has 0 aromatic heterocycles. The van der Waals surface area contributed by atoms with Gasteiger partial charge >= 0.3 is 0 Å². The van der Waals surface area contributed by atoms with Crippen molar-refractivity contribution < 1.29 is 19.5 Å². The van der Waals surface area contributed by atoms with Crippen LogP contribution >= 0.6 is 0 Å². The van der Waals surface area contributed by atoms with Gasteiger partial charge in [-0.1, -0.05) is 13.8 Å². The van der Waals surface area contributed by atoms with Crippen LogP contribution in [0.2, 0.25) is 0 Å². The minimum absolute atomic E-state index is 0.00619. The Bertz CT molecular complexity index is 263. The molecule has 0 radical (unpaired) electrons. The van der Waals surface area contributed by atoms with Crippen molar-refractivity contribution >= 4 is 5.91 Å². The van der Waals surface area contributed by atoms with Gasteiger partial charge in [-0.15, -0.1) is 0 Å². The van der Waals surface area contributed by atoms with Crippen molar-refractivity contribution in [1.29, 1.82) is 0 Å². The highest BCUT2D eigenvalue weighted by atomic mass is 16.7. The molecule has 2 atom stereocenters. The molecule has 0 saturated heterocycles. The van der Waals surface area contributed by atoms with Gasteiger partial charge in [-0.3, -0.25) is 14.9 Å². The summed E-state index contributed by atoms with van der Waals surface area (Å²) in [6.07, 6.45) is -1.20. The monoisotopic (exact) mass is 262 g/mol. The van der Waals surface area contributed by atoms with Crippen LogP contribution in [0.4, 0.5) is 0 Å². The molecule has 1 unspecified atom stereocenters. The molecule has 0 fully saturated rings. The van der Waals surface area contributed by atoms with Gasteiger partial charge in [0.2, 0.25) is 6.41 Å². The van der Waals surface area contributed by atoms with Gasteiger partial charge < -0.3 is 9.84 Å². The van der Waals surface area contributed by atoms with Crippen molar-refractivity contribution in [2.45, 2.75) is 52.7 Å². The molecule has 0 aliphatic heterocycles. The zero-order chi connectivity index (χ0) is 14.5. The summed E-state index contributed by atoms with van der Waals surface area (Å²) in [5.41, 5.74) is -0.496. The number of nitrogens with zero attached hydrogens (tertiary/aromatic N) is 1. The van der Waals surface area contributed by atoms with Crippen LogP contribution in [0.15, 0.2) is 0 Å². The number of likely N-dealkylation sites (N-methyl/N-ethyl adjacent to an activating group) is 1. The summed E-state index contributed by atoms with van der Waals surface area (Å²) in [7, 11) is 2.94. The summed E-state index contributed by atoms with van der Waals surface area (Å²) in [6.45, 7) is 9.23. The Morgan fingerprint density at radius 3 is 2.17 bits per heavy atom. The Morgan fingerprint density at radius 2 is 1.83 bits per heavy atom. The molecule has 2 N–H and O–H groups in total. The van der Waals surface area contributed by atoms with Crippen molar-refractivity contribution in [3.63, 3.8) is 0 Å². The number of carbonyl (C=O) groups is 1. The lowest BCUT2D eigenvalue weighted by atomic mass is 10.0. The lowest BCUT2D eigenvalue weighted by molar-refractivity contribution is -0.197. The predicted octanol–water partition coefficient (Wildman–Crippen LogP) is 0.711. The lowest BCUT2D eigenvalue weighted by Gasteiger charge is -2.30. The van der Waals surface area contributed by atoms with Gasteiger partial charge in [0.05, 0.1) is 18.8 Å². The fourth-order valence-electron chi connectivity index (χ4n) is 1.36. The SMILES string of the molecule is CON(C)C(=O)[C@@H](NC(O)OC(C)(C)C)C(C)C. The highest BCUT2D eigenvalue weighted by Crippen LogP contribution is 2.11. The number of aliphatic hydroxyl groups excluding tert-OH is 1. The maximum absolute atomic E-state index is 12.0. The fourth-order valence-corrected chi connectivity index (χ4v) is 1.36. The zero-order valence-corrected chi connectivity index (χ0v) is 12.4. The summed E-state index contributed by atoms with van der Waals surface area (Å²) in [5, 5.41) is 13.6. The second kappa shape index (κ2) is 7.04. The van der Waals surface area contributed by atoms with E-state index in [1.807, 2.05) is 34.6 Å². The Hall–Kier alpha value is -0.690. The van der Waals surface area contributed by atoms with E-state index in [-0.39, 0.29) is 11.8 Å². The number of hydroxylamine groups is 2. The van der Waals surface area contributed by atoms with Crippen LogP contribution in [0.3, 0.4) is 0 Å². The van der Waals surface area contributed by atoms with Gasteiger partial charge in [-0.25, -0.2) is 5.06 Å². The molecule has 6 heteroatoms. The second-order valence-corrected chi connectivity index (χ2v) is 5.49. The van der Waals surface area contributed by atoms with Crippen LogP contribution in [-0.4, -0.2) is 48.3 Å². The van der Waals surface area contributed by atoms with Crippen LogP contribution in [-0.2, 0) is 14.4 Å². The summed E-state index contributed by atoms with van der Waals surface area (Å²) < 4.78 is 5.31. The molecule has 1 amide bonds. The highest BCUT2D eigenvalue weighted by molar-refractivity contribution is 5.80. The second-order valence-electron chi connectivity index (χ2n) is 5.49. The Labute approximate surface area is 109 Å². The molecular weight excluding hydrogens is 236 g/mol. The quantitative estimate of drug-likeness (QED) is 0.545. The standard InChI is InChI=1S/C12H26N2O4/c1-8(2)9(10(15)14(6)17-7)13-11(16)18-12(3,4)5/h8-9,11,13,16H,1-7H3/t9-,11?/m0/s1. The summed E-state index contributed by atoms with van der Waals surface area (Å²) in [5.74, 6) is -0.266. The maximum Gasteiger partial charge on any atom is 0.263 e. The van der Waals surface area contributed by atoms with Crippen LogP contribution in [0, 0.1) is 5.92 Å². The van der Waals surface area contributed by atoms with E-state index < -0.39 is 18.1 Å². The lowest BCUT2D eigenvalue weighted by Crippen LogP contribution is -2.53. The molecule has 0 heterocycles. The van der Waals surface area contributed by atoms with Crippen LogP contribution in [0.25, 0.3) is 0 Å². The highest BCUT2D eigenvalue weighted by Gasteiger charge is 2.29. The van der Waals surface area contributed by atoms with Crippen molar-refractivity contribution in [3.05, 3.63) is 0 Å². The predicted molar refractivity (Wildman–Crippen MR) is 68.4 cm³/mol. The smallest absolute Gasteiger partial charge is 0.263 e. The average Bonchev–Trinajstić information content (AvgIpc) is 2.20. The Morgan fingerprint density at radius 1 is 1.33 bits per heavy atom. The minimum atomic E-state index is -1.20. The number of amides is 1. The fraction of sp³-hybridized carbons (Fsp3) is 0.917. The molecule has 108 valence electrons. The third-order valence-electron chi connectivity index (χ3n) is 2.30. The summed E-state index contributed by atoms with van der Waals surface area (Å²) >= 11 is 0. The number of carbonyl (C=O) groups excluding carboxylic acids is 1. The molecule has 0 saturated carbocycles. The van der Waals surface area contributed by atoms with Crippen LogP contribution in [0.1, 0.15) is 34.6 Å². The number of aliphatic hydroxyl groups is 1. The first-order chi connectivity index (χ1) is 8.08. The van der Waals surface area contributed by atoms with Gasteiger partial charge in [0.1, 0.15) is 0 Å². The molecule has 0 aliphatic carbocycles. The van der Waals surface area contributed by atoms with Crippen molar-refractivity contribution in [2.24, 2.45) is 5.92 Å². The van der Waals surface area contributed by atoms with Crippen LogP contribution in [0.5, 0.6) is 0 Å².